The van der Waals surface area contributed by atoms with Crippen molar-refractivity contribution in [2.24, 2.45) is 0 Å². The molecule has 0 bridgehead atoms. The lowest BCUT2D eigenvalue weighted by atomic mass is 10.1. The number of halogens is 1. The second kappa shape index (κ2) is 6.01. The second-order valence-corrected chi connectivity index (χ2v) is 5.50. The van der Waals surface area contributed by atoms with Crippen molar-refractivity contribution in [1.29, 1.82) is 0 Å². The molecule has 1 N–H and O–H groups in total. The highest BCUT2D eigenvalue weighted by Crippen LogP contribution is 2.20. The third-order valence-electron chi connectivity index (χ3n) is 2.81. The van der Waals surface area contributed by atoms with Gasteiger partial charge in [0, 0.05) is 28.4 Å². The number of rotatable bonds is 3. The van der Waals surface area contributed by atoms with Crippen LogP contribution < -0.4 is 5.32 Å². The van der Waals surface area contributed by atoms with E-state index in [-0.39, 0.29) is 11.3 Å². The summed E-state index contributed by atoms with van der Waals surface area (Å²) in [5, 5.41) is 13.5. The number of hydrogen-bond acceptors (Lipinski definition) is 4. The van der Waals surface area contributed by atoms with E-state index >= 15 is 0 Å². The summed E-state index contributed by atoms with van der Waals surface area (Å²) in [4.78, 5) is 26.6. The number of non-ortho nitro benzene ring substituents is 1. The number of anilines is 1. The quantitative estimate of drug-likeness (QED) is 0.677. The van der Waals surface area contributed by atoms with Crippen molar-refractivity contribution in [3.63, 3.8) is 0 Å². The van der Waals surface area contributed by atoms with Crippen LogP contribution in [0.15, 0.2) is 34.9 Å². The predicted octanol–water partition coefficient (Wildman–Crippen LogP) is 3.62. The highest BCUT2D eigenvalue weighted by atomic mass is 79.9. The van der Waals surface area contributed by atoms with E-state index in [0.717, 1.165) is 10.0 Å². The second-order valence-electron chi connectivity index (χ2n) is 4.59. The summed E-state index contributed by atoms with van der Waals surface area (Å²) in [5.74, 6) is -0.00733. The molecular weight excluding hydrogens is 338 g/mol. The summed E-state index contributed by atoms with van der Waals surface area (Å²) < 4.78 is 0.809. The van der Waals surface area contributed by atoms with Crippen molar-refractivity contribution >= 4 is 33.3 Å². The minimum atomic E-state index is -0.521. The third-order valence-corrected chi connectivity index (χ3v) is 3.25. The molecule has 0 saturated carbocycles. The number of carbonyl (C=O) groups is 1. The Morgan fingerprint density at radius 2 is 2.00 bits per heavy atom. The van der Waals surface area contributed by atoms with Crippen molar-refractivity contribution in [1.82, 2.24) is 4.98 Å². The lowest BCUT2D eigenvalue weighted by Crippen LogP contribution is -2.14. The molecule has 1 aromatic heterocycles. The number of nitrogens with zero attached hydrogens (tertiary/aromatic N) is 2. The maximum atomic E-state index is 12.2. The molecule has 0 aliphatic carbocycles. The maximum Gasteiger partial charge on any atom is 0.270 e. The molecule has 108 valence electrons. The van der Waals surface area contributed by atoms with Gasteiger partial charge in [0.15, 0.2) is 0 Å². The number of hydrogen-bond donors (Lipinski definition) is 1. The third kappa shape index (κ3) is 3.63. The van der Waals surface area contributed by atoms with E-state index in [1.807, 2.05) is 13.0 Å². The number of nitro groups is 1. The number of aromatic nitrogens is 1. The van der Waals surface area contributed by atoms with Crippen molar-refractivity contribution in [2.45, 2.75) is 13.8 Å². The number of aryl methyl sites for hydroxylation is 2. The van der Waals surface area contributed by atoms with E-state index in [4.69, 9.17) is 0 Å². The molecule has 0 aliphatic rings. The maximum absolute atomic E-state index is 12.2. The zero-order valence-electron chi connectivity index (χ0n) is 11.4. The summed E-state index contributed by atoms with van der Waals surface area (Å²) in [5.41, 5.74) is 1.56. The molecule has 0 atom stereocenters. The first-order valence-corrected chi connectivity index (χ1v) is 6.85. The minimum absolute atomic E-state index is 0.111. The van der Waals surface area contributed by atoms with Gasteiger partial charge in [0.2, 0.25) is 0 Å². The number of benzene rings is 1. The lowest BCUT2D eigenvalue weighted by molar-refractivity contribution is -0.384. The molecule has 0 radical (unpaired) electrons. The van der Waals surface area contributed by atoms with Crippen LogP contribution in [-0.2, 0) is 0 Å². The topological polar surface area (TPSA) is 85.1 Å². The van der Waals surface area contributed by atoms with Crippen LogP contribution in [0.4, 0.5) is 11.5 Å². The molecule has 0 spiro atoms. The van der Waals surface area contributed by atoms with Gasteiger partial charge in [-0.15, -0.1) is 0 Å². The molecule has 2 aromatic rings. The Morgan fingerprint density at radius 1 is 1.29 bits per heavy atom. The fraction of sp³-hybridized carbons (Fsp3) is 0.143. The summed E-state index contributed by atoms with van der Waals surface area (Å²) in [6.07, 6.45) is 1.57. The zero-order valence-corrected chi connectivity index (χ0v) is 13.0. The Balaban J connectivity index is 2.30. The molecular formula is C14H12BrN3O3. The first kappa shape index (κ1) is 15.1. The van der Waals surface area contributed by atoms with Crippen LogP contribution in [0.25, 0.3) is 0 Å². The molecule has 6 nitrogen and oxygen atoms in total. The van der Waals surface area contributed by atoms with Gasteiger partial charge >= 0.3 is 0 Å². The van der Waals surface area contributed by atoms with Gasteiger partial charge in [-0.05, 0) is 53.0 Å². The average Bonchev–Trinajstić information content (AvgIpc) is 2.41. The smallest absolute Gasteiger partial charge is 0.270 e. The largest absolute Gasteiger partial charge is 0.306 e. The van der Waals surface area contributed by atoms with Crippen molar-refractivity contribution in [3.8, 4) is 0 Å². The van der Waals surface area contributed by atoms with E-state index in [1.165, 1.54) is 12.1 Å². The number of pyridine rings is 1. The molecule has 0 aliphatic heterocycles. The number of carbonyl (C=O) groups excluding carboxylic acids is 1. The summed E-state index contributed by atoms with van der Waals surface area (Å²) in [7, 11) is 0. The fourth-order valence-corrected chi connectivity index (χ4v) is 2.30. The number of nitro benzene ring substituents is 1. The van der Waals surface area contributed by atoms with Crippen molar-refractivity contribution in [2.75, 3.05) is 5.32 Å². The van der Waals surface area contributed by atoms with E-state index in [9.17, 15) is 14.9 Å². The van der Waals surface area contributed by atoms with Gasteiger partial charge in [0.1, 0.15) is 5.82 Å². The Hall–Kier alpha value is -2.28. The molecule has 21 heavy (non-hydrogen) atoms. The van der Waals surface area contributed by atoms with Gasteiger partial charge in [-0.2, -0.15) is 0 Å². The van der Waals surface area contributed by atoms with E-state index in [1.54, 1.807) is 19.2 Å². The van der Waals surface area contributed by atoms with Crippen LogP contribution in [0, 0.1) is 24.0 Å². The highest BCUT2D eigenvalue weighted by molar-refractivity contribution is 9.10. The molecule has 1 amide bonds. The normalized spacial score (nSPS) is 10.2. The molecule has 7 heteroatoms. The van der Waals surface area contributed by atoms with Crippen molar-refractivity contribution < 1.29 is 9.72 Å². The first-order chi connectivity index (χ1) is 9.86. The van der Waals surface area contributed by atoms with Gasteiger partial charge in [0.25, 0.3) is 11.6 Å². The molecule has 0 saturated heterocycles. The van der Waals surface area contributed by atoms with E-state index in [0.29, 0.717) is 11.4 Å². The first-order valence-electron chi connectivity index (χ1n) is 6.06. The Labute approximate surface area is 129 Å². The van der Waals surface area contributed by atoms with Crippen LogP contribution in [-0.4, -0.2) is 15.8 Å². The van der Waals surface area contributed by atoms with Crippen molar-refractivity contribution in [3.05, 3.63) is 61.7 Å². The van der Waals surface area contributed by atoms with Gasteiger partial charge in [0.05, 0.1) is 4.92 Å². The van der Waals surface area contributed by atoms with E-state index in [2.05, 4.69) is 26.2 Å². The molecule has 0 unspecified atom stereocenters. The number of amides is 1. The van der Waals surface area contributed by atoms with Gasteiger partial charge in [-0.3, -0.25) is 14.9 Å². The number of nitrogens with one attached hydrogen (secondary N) is 1. The van der Waals surface area contributed by atoms with E-state index < -0.39 is 10.8 Å². The minimum Gasteiger partial charge on any atom is -0.306 e. The SMILES string of the molecule is Cc1cc(C(=O)Nc2ncc(Br)cc2C)cc([N+](=O)[O-])c1. The van der Waals surface area contributed by atoms with Gasteiger partial charge in [-0.25, -0.2) is 4.98 Å². The molecule has 1 heterocycles. The van der Waals surface area contributed by atoms with Crippen LogP contribution in [0.5, 0.6) is 0 Å². The Kier molecular flexibility index (Phi) is 4.32. The van der Waals surface area contributed by atoms with Gasteiger partial charge in [-0.1, -0.05) is 0 Å². The van der Waals surface area contributed by atoms with Crippen LogP contribution in [0.1, 0.15) is 21.5 Å². The highest BCUT2D eigenvalue weighted by Gasteiger charge is 2.14. The van der Waals surface area contributed by atoms with Gasteiger partial charge < -0.3 is 5.32 Å². The van der Waals surface area contributed by atoms with Crippen LogP contribution in [0.3, 0.4) is 0 Å². The summed E-state index contributed by atoms with van der Waals surface area (Å²) in [6.45, 7) is 3.51. The lowest BCUT2D eigenvalue weighted by Gasteiger charge is -2.08. The Bertz CT molecular complexity index is 731. The average molecular weight is 350 g/mol. The monoisotopic (exact) mass is 349 g/mol. The van der Waals surface area contributed by atoms with Crippen LogP contribution in [0.2, 0.25) is 0 Å². The van der Waals surface area contributed by atoms with Crippen LogP contribution >= 0.6 is 15.9 Å². The molecule has 2 rings (SSSR count). The Morgan fingerprint density at radius 3 is 2.62 bits per heavy atom. The fourth-order valence-electron chi connectivity index (χ4n) is 1.85. The predicted molar refractivity (Wildman–Crippen MR) is 82.5 cm³/mol. The molecule has 1 aromatic carbocycles. The summed E-state index contributed by atoms with van der Waals surface area (Å²) in [6, 6.07) is 6.08. The zero-order chi connectivity index (χ0) is 15.6. The molecule has 0 fully saturated rings. The summed E-state index contributed by atoms with van der Waals surface area (Å²) >= 11 is 3.29. The standard InChI is InChI=1S/C14H12BrN3O3/c1-8-3-10(6-12(4-8)18(20)21)14(19)17-13-9(2)5-11(15)7-16-13/h3-7H,1-2H3,(H,16,17,19).